The number of benzene rings is 2. The van der Waals surface area contributed by atoms with Gasteiger partial charge in [-0.05, 0) is 42.3 Å². The maximum atomic E-state index is 13.3. The Hall–Kier alpha value is -4.14. The van der Waals surface area contributed by atoms with Crippen molar-refractivity contribution in [2.75, 3.05) is 14.2 Å². The van der Waals surface area contributed by atoms with Gasteiger partial charge in [0.25, 0.3) is 0 Å². The SMILES string of the molecule is COc1cccc(C(NC(=O)N(C)C(C)c2ccc(-n3cncn3)cc2)c2nccn2C)c1. The molecule has 2 aromatic heterocycles. The van der Waals surface area contributed by atoms with Gasteiger partial charge in [0, 0.05) is 26.5 Å². The standard InChI is InChI=1S/C24H27N7O2/c1-17(18-8-10-20(11-9-18)31-16-25-15-27-31)30(3)24(32)28-22(23-26-12-13-29(23)2)19-6-5-7-21(14-19)33-4/h5-17,22H,1-4H3,(H,28,32). The largest absolute Gasteiger partial charge is 0.497 e. The van der Waals surface area contributed by atoms with Crippen LogP contribution in [0.15, 0.2) is 73.6 Å². The van der Waals surface area contributed by atoms with Crippen molar-refractivity contribution < 1.29 is 9.53 Å². The predicted molar refractivity (Wildman–Crippen MR) is 124 cm³/mol. The van der Waals surface area contributed by atoms with E-state index in [0.29, 0.717) is 0 Å². The van der Waals surface area contributed by atoms with E-state index in [1.54, 1.807) is 36.3 Å². The summed E-state index contributed by atoms with van der Waals surface area (Å²) in [5, 5.41) is 7.28. The lowest BCUT2D eigenvalue weighted by Gasteiger charge is -2.28. The van der Waals surface area contributed by atoms with Gasteiger partial charge in [0.1, 0.15) is 30.3 Å². The summed E-state index contributed by atoms with van der Waals surface area (Å²) in [5.41, 5.74) is 2.80. The molecule has 0 aliphatic rings. The molecule has 1 N–H and O–H groups in total. The second-order valence-electron chi connectivity index (χ2n) is 7.77. The molecule has 0 saturated carbocycles. The molecule has 4 rings (SSSR count). The minimum absolute atomic E-state index is 0.151. The summed E-state index contributed by atoms with van der Waals surface area (Å²) in [7, 11) is 5.31. The smallest absolute Gasteiger partial charge is 0.318 e. The number of imidazole rings is 1. The zero-order chi connectivity index (χ0) is 23.4. The first kappa shape index (κ1) is 22.1. The number of aryl methyl sites for hydroxylation is 1. The van der Waals surface area contributed by atoms with Gasteiger partial charge in [0.05, 0.1) is 18.8 Å². The van der Waals surface area contributed by atoms with E-state index in [9.17, 15) is 4.79 Å². The van der Waals surface area contributed by atoms with Crippen LogP contribution in [0.4, 0.5) is 4.79 Å². The molecule has 0 bridgehead atoms. The Morgan fingerprint density at radius 2 is 1.94 bits per heavy atom. The van der Waals surface area contributed by atoms with Crippen LogP contribution >= 0.6 is 0 Å². The summed E-state index contributed by atoms with van der Waals surface area (Å²) >= 11 is 0. The Morgan fingerprint density at radius 1 is 1.15 bits per heavy atom. The lowest BCUT2D eigenvalue weighted by atomic mass is 10.1. The van der Waals surface area contributed by atoms with Crippen LogP contribution in [-0.4, -0.2) is 49.4 Å². The number of urea groups is 1. The highest BCUT2D eigenvalue weighted by Gasteiger charge is 2.25. The highest BCUT2D eigenvalue weighted by atomic mass is 16.5. The molecule has 0 spiro atoms. The normalized spacial score (nSPS) is 12.7. The topological polar surface area (TPSA) is 90.1 Å². The van der Waals surface area contributed by atoms with Gasteiger partial charge >= 0.3 is 6.03 Å². The minimum Gasteiger partial charge on any atom is -0.497 e. The molecule has 4 aromatic rings. The summed E-state index contributed by atoms with van der Waals surface area (Å²) in [5.74, 6) is 1.45. The maximum Gasteiger partial charge on any atom is 0.318 e. The molecule has 0 fully saturated rings. The average Bonchev–Trinajstić information content (AvgIpc) is 3.54. The van der Waals surface area contributed by atoms with Crippen LogP contribution in [0, 0.1) is 0 Å². The quantitative estimate of drug-likeness (QED) is 0.470. The molecule has 2 aromatic carbocycles. The van der Waals surface area contributed by atoms with Crippen molar-refractivity contribution >= 4 is 6.03 Å². The highest BCUT2D eigenvalue weighted by molar-refractivity contribution is 5.75. The number of methoxy groups -OCH3 is 1. The number of aromatic nitrogens is 5. The number of nitrogens with one attached hydrogen (secondary N) is 1. The Morgan fingerprint density at radius 3 is 2.58 bits per heavy atom. The zero-order valence-corrected chi connectivity index (χ0v) is 19.1. The Labute approximate surface area is 192 Å². The molecule has 2 atom stereocenters. The fraction of sp³-hybridized carbons (Fsp3) is 0.250. The number of hydrogen-bond acceptors (Lipinski definition) is 5. The van der Waals surface area contributed by atoms with Gasteiger partial charge in [0.15, 0.2) is 0 Å². The Kier molecular flexibility index (Phi) is 6.39. The van der Waals surface area contributed by atoms with Crippen LogP contribution in [0.1, 0.15) is 36.0 Å². The van der Waals surface area contributed by atoms with Crippen LogP contribution in [0.2, 0.25) is 0 Å². The first-order chi connectivity index (χ1) is 16.0. The fourth-order valence-electron chi connectivity index (χ4n) is 3.65. The van der Waals surface area contributed by atoms with Gasteiger partial charge in [-0.15, -0.1) is 0 Å². The minimum atomic E-state index is -0.433. The van der Waals surface area contributed by atoms with E-state index in [-0.39, 0.29) is 12.1 Å². The van der Waals surface area contributed by atoms with Gasteiger partial charge in [-0.2, -0.15) is 5.10 Å². The monoisotopic (exact) mass is 445 g/mol. The number of carbonyl (C=O) groups is 1. The molecule has 33 heavy (non-hydrogen) atoms. The molecule has 0 saturated heterocycles. The van der Waals surface area contributed by atoms with Crippen LogP contribution in [0.3, 0.4) is 0 Å². The lowest BCUT2D eigenvalue weighted by molar-refractivity contribution is 0.191. The molecule has 0 radical (unpaired) electrons. The van der Waals surface area contributed by atoms with E-state index in [1.165, 1.54) is 6.33 Å². The van der Waals surface area contributed by atoms with Gasteiger partial charge < -0.3 is 19.5 Å². The fourth-order valence-corrected chi connectivity index (χ4v) is 3.65. The van der Waals surface area contributed by atoms with Gasteiger partial charge in [-0.3, -0.25) is 0 Å². The summed E-state index contributed by atoms with van der Waals surface area (Å²) in [6.45, 7) is 1.99. The highest BCUT2D eigenvalue weighted by Crippen LogP contribution is 2.26. The number of carbonyl (C=O) groups excluding carboxylic acids is 1. The predicted octanol–water partition coefficient (Wildman–Crippen LogP) is 3.50. The Balaban J connectivity index is 1.54. The molecule has 2 amide bonds. The van der Waals surface area contributed by atoms with Crippen molar-refractivity contribution in [2.24, 2.45) is 7.05 Å². The van der Waals surface area contributed by atoms with Gasteiger partial charge in [-0.1, -0.05) is 24.3 Å². The van der Waals surface area contributed by atoms with Crippen LogP contribution in [0.25, 0.3) is 5.69 Å². The first-order valence-corrected chi connectivity index (χ1v) is 10.6. The van der Waals surface area contributed by atoms with E-state index >= 15 is 0 Å². The van der Waals surface area contributed by atoms with E-state index in [2.05, 4.69) is 20.4 Å². The summed E-state index contributed by atoms with van der Waals surface area (Å²) < 4.78 is 8.97. The van der Waals surface area contributed by atoms with Crippen molar-refractivity contribution in [2.45, 2.75) is 19.0 Å². The number of rotatable bonds is 7. The third kappa shape index (κ3) is 4.72. The molecule has 2 unspecified atom stereocenters. The van der Waals surface area contributed by atoms with Crippen molar-refractivity contribution in [1.29, 1.82) is 0 Å². The number of ether oxygens (including phenoxy) is 1. The zero-order valence-electron chi connectivity index (χ0n) is 19.1. The van der Waals surface area contributed by atoms with Crippen molar-refractivity contribution in [3.8, 4) is 11.4 Å². The average molecular weight is 446 g/mol. The van der Waals surface area contributed by atoms with E-state index < -0.39 is 6.04 Å². The summed E-state index contributed by atoms with van der Waals surface area (Å²) in [4.78, 5) is 23.4. The summed E-state index contributed by atoms with van der Waals surface area (Å²) in [6.07, 6.45) is 6.72. The molecule has 170 valence electrons. The molecule has 2 heterocycles. The lowest BCUT2D eigenvalue weighted by Crippen LogP contribution is -2.41. The van der Waals surface area contributed by atoms with Gasteiger partial charge in [-0.25, -0.2) is 19.4 Å². The molecular formula is C24H27N7O2. The van der Waals surface area contributed by atoms with E-state index in [4.69, 9.17) is 4.74 Å². The third-order valence-electron chi connectivity index (χ3n) is 5.77. The number of amides is 2. The number of hydrogen-bond donors (Lipinski definition) is 1. The number of nitrogens with zero attached hydrogens (tertiary/aromatic N) is 6. The maximum absolute atomic E-state index is 13.3. The molecule has 0 aliphatic carbocycles. The van der Waals surface area contributed by atoms with Crippen LogP contribution in [0.5, 0.6) is 5.75 Å². The second kappa shape index (κ2) is 9.56. The molecular weight excluding hydrogens is 418 g/mol. The van der Waals surface area contributed by atoms with Gasteiger partial charge in [0.2, 0.25) is 0 Å². The summed E-state index contributed by atoms with van der Waals surface area (Å²) in [6, 6.07) is 14.7. The van der Waals surface area contributed by atoms with Crippen molar-refractivity contribution in [1.82, 2.24) is 34.5 Å². The van der Waals surface area contributed by atoms with Crippen molar-refractivity contribution in [3.63, 3.8) is 0 Å². The van der Waals surface area contributed by atoms with Crippen molar-refractivity contribution in [3.05, 3.63) is 90.5 Å². The van der Waals surface area contributed by atoms with E-state index in [1.807, 2.05) is 73.3 Å². The van der Waals surface area contributed by atoms with Crippen LogP contribution in [-0.2, 0) is 7.05 Å². The molecule has 0 aliphatic heterocycles. The van der Waals surface area contributed by atoms with Crippen LogP contribution < -0.4 is 10.1 Å². The molecule has 9 heteroatoms. The second-order valence-corrected chi connectivity index (χ2v) is 7.77. The Bertz CT molecular complexity index is 1200. The third-order valence-corrected chi connectivity index (χ3v) is 5.77. The first-order valence-electron chi connectivity index (χ1n) is 10.6. The van der Waals surface area contributed by atoms with E-state index in [0.717, 1.165) is 28.4 Å². The molecule has 9 nitrogen and oxygen atoms in total.